The minimum absolute atomic E-state index is 0.181. The van der Waals surface area contributed by atoms with Crippen LogP contribution in [0.25, 0.3) is 0 Å². The third kappa shape index (κ3) is 9.82. The first-order valence-electron chi connectivity index (χ1n) is 15.5. The summed E-state index contributed by atoms with van der Waals surface area (Å²) in [5.41, 5.74) is -4.15. The van der Waals surface area contributed by atoms with Gasteiger partial charge in [-0.05, 0) is 40.5 Å². The zero-order chi connectivity index (χ0) is 34.8. The van der Waals surface area contributed by atoms with E-state index in [-0.39, 0.29) is 35.4 Å². The summed E-state index contributed by atoms with van der Waals surface area (Å²) in [6.07, 6.45) is 5.58. The lowest BCUT2D eigenvalue weighted by molar-refractivity contribution is -0.147. The summed E-state index contributed by atoms with van der Waals surface area (Å²) in [5, 5.41) is 6.04. The van der Waals surface area contributed by atoms with Crippen molar-refractivity contribution in [2.24, 2.45) is 21.7 Å². The highest BCUT2D eigenvalue weighted by molar-refractivity contribution is 6.14. The van der Waals surface area contributed by atoms with Crippen molar-refractivity contribution in [3.8, 4) is 0 Å². The van der Waals surface area contributed by atoms with Gasteiger partial charge in [0.05, 0.1) is 13.2 Å². The Morgan fingerprint density at radius 2 is 0.822 bits per heavy atom. The fourth-order valence-electron chi connectivity index (χ4n) is 6.30. The molecule has 0 aromatic heterocycles. The summed E-state index contributed by atoms with van der Waals surface area (Å²) in [6.45, 7) is 23.7. The Kier molecular flexibility index (Phi) is 11.1. The summed E-state index contributed by atoms with van der Waals surface area (Å²) in [6, 6.07) is 0. The van der Waals surface area contributed by atoms with Crippen molar-refractivity contribution in [3.63, 3.8) is 0 Å². The van der Waals surface area contributed by atoms with E-state index < -0.39 is 32.7 Å². The molecule has 2 aliphatic heterocycles. The number of amides is 6. The van der Waals surface area contributed by atoms with Crippen LogP contribution in [0.5, 0.6) is 0 Å². The van der Waals surface area contributed by atoms with Gasteiger partial charge in [0.2, 0.25) is 11.8 Å². The molecule has 2 rings (SSSR count). The normalized spacial score (nSPS) is 16.7. The Bertz CT molecular complexity index is 1140. The molecule has 2 N–H and O–H groups in total. The van der Waals surface area contributed by atoms with Crippen LogP contribution in [0.4, 0.5) is 0 Å². The average molecular weight is 631 g/mol. The van der Waals surface area contributed by atoms with E-state index in [4.69, 9.17) is 4.74 Å². The van der Waals surface area contributed by atoms with Gasteiger partial charge in [-0.15, -0.1) is 0 Å². The first-order chi connectivity index (χ1) is 20.2. The molecule has 2 heterocycles. The SMILES string of the molecule is CC(C)(CNC(=O)C(C)(C)CC(C)(C)N1C(=O)C=CC1=O)COCC(C)(C)CNC(=O)C(C)(C)CC(C)(C)N1C(=O)C=CC1=O. The summed E-state index contributed by atoms with van der Waals surface area (Å²) >= 11 is 0. The monoisotopic (exact) mass is 630 g/mol. The van der Waals surface area contributed by atoms with Gasteiger partial charge in [-0.1, -0.05) is 55.4 Å². The Morgan fingerprint density at radius 3 is 1.09 bits per heavy atom. The van der Waals surface area contributed by atoms with Crippen LogP contribution in [-0.2, 0) is 33.5 Å². The molecule has 2 aliphatic rings. The molecule has 0 aromatic rings. The second-order valence-electron chi connectivity index (χ2n) is 16.6. The van der Waals surface area contributed by atoms with Crippen molar-refractivity contribution in [3.05, 3.63) is 24.3 Å². The number of hydrogen-bond acceptors (Lipinski definition) is 7. The minimum Gasteiger partial charge on any atom is -0.380 e. The molecule has 0 unspecified atom stereocenters. The molecule has 0 radical (unpaired) electrons. The standard InChI is InChI=1S/C34H54N4O7/c1-29(2,19-35-27(43)31(5,6)17-33(9,10)37-23(39)13-14-24(37)40)21-45-22-30(3,4)20-36-28(44)32(7,8)18-34(11,12)38-25(41)15-16-26(38)42/h13-16H,17-22H2,1-12H3,(H,35,43)(H,36,44). The molecule has 0 fully saturated rings. The van der Waals surface area contributed by atoms with E-state index in [1.807, 2.05) is 27.7 Å². The maximum Gasteiger partial charge on any atom is 0.254 e. The van der Waals surface area contributed by atoms with Gasteiger partial charge in [0.25, 0.3) is 23.6 Å². The lowest BCUT2D eigenvalue weighted by Gasteiger charge is -2.40. The van der Waals surface area contributed by atoms with Gasteiger partial charge in [0.15, 0.2) is 0 Å². The molecular formula is C34H54N4O7. The molecule has 0 saturated heterocycles. The molecule has 11 nitrogen and oxygen atoms in total. The largest absolute Gasteiger partial charge is 0.380 e. The molecule has 45 heavy (non-hydrogen) atoms. The summed E-state index contributed by atoms with van der Waals surface area (Å²) in [4.78, 5) is 77.6. The number of nitrogens with one attached hydrogen (secondary N) is 2. The Labute approximate surface area is 268 Å². The number of ether oxygens (including phenoxy) is 1. The molecule has 0 atom stereocenters. The molecule has 6 amide bonds. The second-order valence-corrected chi connectivity index (χ2v) is 16.6. The molecule has 0 spiro atoms. The quantitative estimate of drug-likeness (QED) is 0.249. The van der Waals surface area contributed by atoms with Gasteiger partial charge < -0.3 is 15.4 Å². The van der Waals surface area contributed by atoms with E-state index in [0.717, 1.165) is 0 Å². The second kappa shape index (κ2) is 13.2. The van der Waals surface area contributed by atoms with Gasteiger partial charge in [-0.25, -0.2) is 0 Å². The van der Waals surface area contributed by atoms with Gasteiger partial charge in [-0.2, -0.15) is 0 Å². The Balaban J connectivity index is 1.84. The van der Waals surface area contributed by atoms with E-state index in [9.17, 15) is 28.8 Å². The predicted octanol–water partition coefficient (Wildman–Crippen LogP) is 3.53. The Hall–Kier alpha value is -3.34. The van der Waals surface area contributed by atoms with Crippen LogP contribution in [0.3, 0.4) is 0 Å². The number of nitrogens with zero attached hydrogens (tertiary/aromatic N) is 2. The zero-order valence-electron chi connectivity index (χ0n) is 29.3. The summed E-state index contributed by atoms with van der Waals surface area (Å²) in [7, 11) is 0. The van der Waals surface area contributed by atoms with Crippen molar-refractivity contribution in [1.29, 1.82) is 0 Å². The molecule has 0 aliphatic carbocycles. The van der Waals surface area contributed by atoms with Crippen LogP contribution in [-0.4, -0.2) is 82.6 Å². The summed E-state index contributed by atoms with van der Waals surface area (Å²) in [5.74, 6) is -1.86. The van der Waals surface area contributed by atoms with Gasteiger partial charge >= 0.3 is 0 Å². The number of rotatable bonds is 16. The topological polar surface area (TPSA) is 142 Å². The van der Waals surface area contributed by atoms with Gasteiger partial charge in [0, 0.05) is 70.1 Å². The van der Waals surface area contributed by atoms with E-state index in [1.165, 1.54) is 34.1 Å². The van der Waals surface area contributed by atoms with Crippen molar-refractivity contribution < 1.29 is 33.5 Å². The lowest BCUT2D eigenvalue weighted by atomic mass is 9.78. The fraction of sp³-hybridized carbons (Fsp3) is 0.706. The number of carbonyl (C=O) groups is 6. The molecule has 0 saturated carbocycles. The first-order valence-corrected chi connectivity index (χ1v) is 15.5. The highest BCUT2D eigenvalue weighted by Gasteiger charge is 2.45. The van der Waals surface area contributed by atoms with Crippen LogP contribution in [0.2, 0.25) is 0 Å². The molecule has 252 valence electrons. The average Bonchev–Trinajstić information content (AvgIpc) is 3.39. The molecule has 0 aromatic carbocycles. The van der Waals surface area contributed by atoms with Crippen LogP contribution in [0.15, 0.2) is 24.3 Å². The first kappa shape index (κ1) is 37.8. The van der Waals surface area contributed by atoms with Crippen molar-refractivity contribution in [1.82, 2.24) is 20.4 Å². The van der Waals surface area contributed by atoms with E-state index in [2.05, 4.69) is 10.6 Å². The predicted molar refractivity (Wildman–Crippen MR) is 171 cm³/mol. The maximum atomic E-state index is 13.2. The molecule has 0 bridgehead atoms. The van der Waals surface area contributed by atoms with Crippen molar-refractivity contribution in [2.75, 3.05) is 26.3 Å². The third-order valence-electron chi connectivity index (χ3n) is 8.25. The zero-order valence-corrected chi connectivity index (χ0v) is 29.3. The van der Waals surface area contributed by atoms with E-state index in [0.29, 0.717) is 39.1 Å². The Morgan fingerprint density at radius 1 is 0.556 bits per heavy atom. The van der Waals surface area contributed by atoms with Crippen LogP contribution >= 0.6 is 0 Å². The molecular weight excluding hydrogens is 576 g/mol. The van der Waals surface area contributed by atoms with Gasteiger partial charge in [0.1, 0.15) is 0 Å². The fourth-order valence-corrected chi connectivity index (χ4v) is 6.30. The van der Waals surface area contributed by atoms with Crippen LogP contribution in [0.1, 0.15) is 95.9 Å². The van der Waals surface area contributed by atoms with Crippen molar-refractivity contribution >= 4 is 35.4 Å². The number of carbonyl (C=O) groups excluding carboxylic acids is 6. The smallest absolute Gasteiger partial charge is 0.254 e. The van der Waals surface area contributed by atoms with Crippen molar-refractivity contribution in [2.45, 2.75) is 107 Å². The highest BCUT2D eigenvalue weighted by atomic mass is 16.5. The van der Waals surface area contributed by atoms with E-state index in [1.54, 1.807) is 55.4 Å². The minimum atomic E-state index is -0.844. The van der Waals surface area contributed by atoms with E-state index >= 15 is 0 Å². The van der Waals surface area contributed by atoms with Gasteiger partial charge in [-0.3, -0.25) is 38.6 Å². The third-order valence-corrected chi connectivity index (χ3v) is 8.25. The summed E-state index contributed by atoms with van der Waals surface area (Å²) < 4.78 is 6.06. The molecule has 11 heteroatoms. The highest BCUT2D eigenvalue weighted by Crippen LogP contribution is 2.35. The number of hydrogen-bond donors (Lipinski definition) is 2. The van der Waals surface area contributed by atoms with Crippen LogP contribution < -0.4 is 10.6 Å². The lowest BCUT2D eigenvalue weighted by Crippen LogP contribution is -2.53. The maximum absolute atomic E-state index is 13.2. The number of imide groups is 2. The van der Waals surface area contributed by atoms with Crippen LogP contribution in [0, 0.1) is 21.7 Å².